The Balaban J connectivity index is 2.22. The minimum atomic E-state index is -4.10. The molecule has 0 atom stereocenters. The van der Waals surface area contributed by atoms with Crippen LogP contribution in [0.5, 0.6) is 0 Å². The number of aromatic nitrogens is 4. The van der Waals surface area contributed by atoms with Crippen molar-refractivity contribution in [2.75, 3.05) is 0 Å². The Kier molecular flexibility index (Phi) is 3.23. The molecule has 0 saturated heterocycles. The van der Waals surface area contributed by atoms with Gasteiger partial charge in [-0.25, -0.2) is 9.97 Å². The summed E-state index contributed by atoms with van der Waals surface area (Å²) in [6.07, 6.45) is 5.59. The number of hydrogen-bond donors (Lipinski definition) is 2. The van der Waals surface area contributed by atoms with E-state index in [4.69, 9.17) is 9.79 Å². The van der Waals surface area contributed by atoms with Gasteiger partial charge in [0.15, 0.2) is 6.20 Å². The third kappa shape index (κ3) is 3.39. The molecule has 0 fully saturated rings. The molecule has 0 aliphatic rings. The van der Waals surface area contributed by atoms with Crippen LogP contribution in [0.25, 0.3) is 11.3 Å². The topological polar surface area (TPSA) is 100 Å². The summed E-state index contributed by atoms with van der Waals surface area (Å²) >= 11 is 0. The molecule has 2 heterocycles. The Hall–Kier alpha value is -1.69. The Morgan fingerprint density at radius 2 is 2.18 bits per heavy atom. The molecular weight excluding hydrogens is 243 g/mol. The number of nitrogens with zero attached hydrogens (tertiary/aromatic N) is 4. The molecule has 0 aliphatic heterocycles. The van der Waals surface area contributed by atoms with Crippen LogP contribution in [0.4, 0.5) is 0 Å². The summed E-state index contributed by atoms with van der Waals surface area (Å²) in [6.45, 7) is 0. The van der Waals surface area contributed by atoms with Crippen LogP contribution in [0.15, 0.2) is 37.1 Å². The van der Waals surface area contributed by atoms with Crippen molar-refractivity contribution in [3.8, 4) is 11.3 Å². The fraction of sp³-hybridized carbons (Fsp3) is 0.111. The summed E-state index contributed by atoms with van der Waals surface area (Å²) in [5.41, 5.74) is 1.46. The zero-order valence-electron chi connectivity index (χ0n) is 8.71. The van der Waals surface area contributed by atoms with E-state index in [2.05, 4.69) is 15.1 Å². The van der Waals surface area contributed by atoms with E-state index >= 15 is 0 Å². The molecule has 0 saturated carbocycles. The van der Waals surface area contributed by atoms with Gasteiger partial charge < -0.3 is 9.79 Å². The Morgan fingerprint density at radius 3 is 2.71 bits per heavy atom. The van der Waals surface area contributed by atoms with Crippen LogP contribution in [0.3, 0.4) is 0 Å². The molecule has 0 radical (unpaired) electrons. The molecule has 0 unspecified atom stereocenters. The predicted molar refractivity (Wildman–Crippen MR) is 57.5 cm³/mol. The maximum Gasteiger partial charge on any atom is 0.392 e. The van der Waals surface area contributed by atoms with Gasteiger partial charge in [0.1, 0.15) is 12.5 Å². The minimum absolute atomic E-state index is 0.433. The molecule has 2 rings (SSSR count). The quantitative estimate of drug-likeness (QED) is 0.588. The first kappa shape index (κ1) is 11.8. The van der Waals surface area contributed by atoms with Crippen LogP contribution < -0.4 is 4.68 Å². The van der Waals surface area contributed by atoms with Crippen LogP contribution in [0.2, 0.25) is 0 Å². The highest BCUT2D eigenvalue weighted by atomic mass is 31.2. The lowest BCUT2D eigenvalue weighted by atomic mass is 10.2. The minimum Gasteiger partial charge on any atom is -0.320 e. The van der Waals surface area contributed by atoms with E-state index in [9.17, 15) is 4.57 Å². The van der Waals surface area contributed by atoms with Gasteiger partial charge in [0.05, 0.1) is 5.69 Å². The van der Waals surface area contributed by atoms with Crippen LogP contribution in [0.1, 0.15) is 0 Å². The molecular formula is C9H10N4O3P+. The molecule has 0 aliphatic carbocycles. The first-order chi connectivity index (χ1) is 8.04. The molecule has 2 aromatic rings. The SMILES string of the molecule is O=P(O)(O)C[n+]1ccc(-c2ccncn2)cn1. The molecule has 2 aromatic heterocycles. The van der Waals surface area contributed by atoms with Crippen molar-refractivity contribution in [3.63, 3.8) is 0 Å². The molecule has 0 spiro atoms. The monoisotopic (exact) mass is 253 g/mol. The van der Waals surface area contributed by atoms with Crippen LogP contribution in [-0.4, -0.2) is 24.9 Å². The zero-order chi connectivity index (χ0) is 12.3. The second-order valence-corrected chi connectivity index (χ2v) is 4.97. The van der Waals surface area contributed by atoms with E-state index < -0.39 is 13.9 Å². The van der Waals surface area contributed by atoms with Crippen molar-refractivity contribution in [3.05, 3.63) is 37.1 Å². The fourth-order valence-corrected chi connectivity index (χ4v) is 1.81. The zero-order valence-corrected chi connectivity index (χ0v) is 9.60. The van der Waals surface area contributed by atoms with Crippen molar-refractivity contribution < 1.29 is 19.0 Å². The summed E-state index contributed by atoms with van der Waals surface area (Å²) in [7, 11) is -4.10. The molecule has 17 heavy (non-hydrogen) atoms. The Bertz CT molecular complexity index is 540. The van der Waals surface area contributed by atoms with Crippen LogP contribution in [-0.2, 0) is 10.9 Å². The van der Waals surface area contributed by atoms with E-state index in [1.54, 1.807) is 18.3 Å². The van der Waals surface area contributed by atoms with Crippen molar-refractivity contribution >= 4 is 7.60 Å². The summed E-state index contributed by atoms with van der Waals surface area (Å²) < 4.78 is 12.0. The highest BCUT2D eigenvalue weighted by Crippen LogP contribution is 2.33. The lowest BCUT2D eigenvalue weighted by Gasteiger charge is -1.99. The summed E-state index contributed by atoms with van der Waals surface area (Å²) in [4.78, 5) is 25.4. The van der Waals surface area contributed by atoms with Gasteiger partial charge in [0.25, 0.3) is 6.29 Å². The van der Waals surface area contributed by atoms with Crippen molar-refractivity contribution in [1.29, 1.82) is 0 Å². The van der Waals surface area contributed by atoms with Gasteiger partial charge in [0, 0.05) is 17.8 Å². The van der Waals surface area contributed by atoms with Gasteiger partial charge in [-0.05, 0) is 11.2 Å². The normalized spacial score (nSPS) is 11.4. The van der Waals surface area contributed by atoms with E-state index in [1.807, 2.05) is 0 Å². The number of rotatable bonds is 3. The molecule has 0 amide bonds. The summed E-state index contributed by atoms with van der Waals surface area (Å²) in [5.74, 6) is 0. The molecule has 8 heteroatoms. The molecule has 0 aromatic carbocycles. The third-order valence-electron chi connectivity index (χ3n) is 1.98. The Labute approximate surface area is 97.0 Å². The standard InChI is InChI=1S/C9H9N4O3P/c14-17(15,16)7-13-4-2-8(5-12-13)9-1-3-10-6-11-9/h1-6H,7H2,(H-,14,15,16)/p+1. The highest BCUT2D eigenvalue weighted by molar-refractivity contribution is 7.50. The second kappa shape index (κ2) is 4.67. The predicted octanol–water partition coefficient (Wildman–Crippen LogP) is -0.0387. The first-order valence-corrected chi connectivity index (χ1v) is 6.51. The molecule has 2 N–H and O–H groups in total. The largest absolute Gasteiger partial charge is 0.392 e. The van der Waals surface area contributed by atoms with Gasteiger partial charge in [-0.2, -0.15) is 0 Å². The average Bonchev–Trinajstić information content (AvgIpc) is 2.29. The second-order valence-electron chi connectivity index (χ2n) is 3.36. The van der Waals surface area contributed by atoms with Gasteiger partial charge in [-0.15, -0.1) is 0 Å². The maximum atomic E-state index is 10.8. The van der Waals surface area contributed by atoms with Crippen LogP contribution >= 0.6 is 7.60 Å². The first-order valence-electron chi connectivity index (χ1n) is 4.71. The molecule has 88 valence electrons. The fourth-order valence-electron chi connectivity index (χ4n) is 1.27. The van der Waals surface area contributed by atoms with Crippen molar-refractivity contribution in [2.45, 2.75) is 6.29 Å². The summed E-state index contributed by atoms with van der Waals surface area (Å²) in [5, 5.41) is 3.90. The molecule has 0 bridgehead atoms. The molecule has 7 nitrogen and oxygen atoms in total. The van der Waals surface area contributed by atoms with E-state index in [0.717, 1.165) is 5.56 Å². The van der Waals surface area contributed by atoms with Crippen LogP contribution in [0, 0.1) is 0 Å². The highest BCUT2D eigenvalue weighted by Gasteiger charge is 2.21. The van der Waals surface area contributed by atoms with Crippen molar-refractivity contribution in [1.82, 2.24) is 15.1 Å². The van der Waals surface area contributed by atoms with Gasteiger partial charge in [-0.3, -0.25) is 4.57 Å². The number of hydrogen-bond acceptors (Lipinski definition) is 4. The lowest BCUT2D eigenvalue weighted by molar-refractivity contribution is -0.738. The average molecular weight is 253 g/mol. The van der Waals surface area contributed by atoms with E-state index in [1.165, 1.54) is 23.4 Å². The maximum absolute atomic E-state index is 10.8. The van der Waals surface area contributed by atoms with Crippen molar-refractivity contribution in [2.24, 2.45) is 0 Å². The lowest BCUT2D eigenvalue weighted by Crippen LogP contribution is -2.37. The van der Waals surface area contributed by atoms with E-state index in [-0.39, 0.29) is 0 Å². The Morgan fingerprint density at radius 1 is 1.35 bits per heavy atom. The van der Waals surface area contributed by atoms with E-state index in [0.29, 0.717) is 5.69 Å². The van der Waals surface area contributed by atoms with Gasteiger partial charge in [-0.1, -0.05) is 4.68 Å². The summed E-state index contributed by atoms with van der Waals surface area (Å²) in [6, 6.07) is 3.41. The van der Waals surface area contributed by atoms with Gasteiger partial charge in [0.2, 0.25) is 0 Å². The third-order valence-corrected chi connectivity index (χ3v) is 2.64. The van der Waals surface area contributed by atoms with Gasteiger partial charge >= 0.3 is 7.60 Å². The smallest absolute Gasteiger partial charge is 0.320 e.